The van der Waals surface area contributed by atoms with Crippen LogP contribution in [0.15, 0.2) is 36.7 Å². The van der Waals surface area contributed by atoms with Crippen molar-refractivity contribution in [2.24, 2.45) is 0 Å². The van der Waals surface area contributed by atoms with Gasteiger partial charge >= 0.3 is 5.69 Å². The number of nitrogens with two attached hydrogens (primary N) is 1. The van der Waals surface area contributed by atoms with E-state index < -0.39 is 4.92 Å². The van der Waals surface area contributed by atoms with Gasteiger partial charge in [-0.25, -0.2) is 0 Å². The molecule has 2 N–H and O–H groups in total. The highest BCUT2D eigenvalue weighted by Crippen LogP contribution is 2.32. The Morgan fingerprint density at radius 1 is 1.35 bits per heavy atom. The largest absolute Gasteiger partial charge is 0.398 e. The fourth-order valence-electron chi connectivity index (χ4n) is 2.63. The van der Waals surface area contributed by atoms with Crippen molar-refractivity contribution in [1.29, 1.82) is 0 Å². The molecule has 0 aliphatic carbocycles. The summed E-state index contributed by atoms with van der Waals surface area (Å²) in [4.78, 5) is 16.5. The van der Waals surface area contributed by atoms with Crippen LogP contribution in [0.3, 0.4) is 0 Å². The van der Waals surface area contributed by atoms with Gasteiger partial charge in [0.25, 0.3) is 0 Å². The smallest absolute Gasteiger partial charge is 0.310 e. The van der Waals surface area contributed by atoms with Crippen molar-refractivity contribution >= 4 is 17.1 Å². The average molecular weight is 270 g/mol. The third kappa shape index (κ3) is 2.05. The number of nitro groups is 1. The van der Waals surface area contributed by atoms with Crippen LogP contribution < -0.4 is 10.6 Å². The maximum Gasteiger partial charge on any atom is 0.310 e. The summed E-state index contributed by atoms with van der Waals surface area (Å²) in [5.41, 5.74) is 9.70. The molecule has 0 unspecified atom stereocenters. The van der Waals surface area contributed by atoms with Crippen LogP contribution in [0.1, 0.15) is 11.1 Å². The summed E-state index contributed by atoms with van der Waals surface area (Å²) >= 11 is 0. The number of fused-ring (bicyclic) bond motifs is 1. The van der Waals surface area contributed by atoms with E-state index in [1.807, 2.05) is 23.1 Å². The lowest BCUT2D eigenvalue weighted by atomic mass is 9.97. The zero-order chi connectivity index (χ0) is 14.1. The van der Waals surface area contributed by atoms with Gasteiger partial charge in [0.2, 0.25) is 0 Å². The number of nitrogen functional groups attached to an aromatic ring is 1. The van der Waals surface area contributed by atoms with Crippen LogP contribution in [0.2, 0.25) is 0 Å². The zero-order valence-electron chi connectivity index (χ0n) is 10.8. The van der Waals surface area contributed by atoms with E-state index in [0.717, 1.165) is 23.2 Å². The van der Waals surface area contributed by atoms with Crippen LogP contribution >= 0.6 is 0 Å². The predicted octanol–water partition coefficient (Wildman–Crippen LogP) is 2.13. The summed E-state index contributed by atoms with van der Waals surface area (Å²) in [5, 5.41) is 11.1. The van der Waals surface area contributed by atoms with Crippen molar-refractivity contribution in [1.82, 2.24) is 4.98 Å². The Bertz CT molecular complexity index is 672. The maximum absolute atomic E-state index is 11.1. The van der Waals surface area contributed by atoms with Crippen molar-refractivity contribution in [3.63, 3.8) is 0 Å². The first-order chi connectivity index (χ1) is 9.66. The number of nitrogens with zero attached hydrogens (tertiary/aromatic N) is 3. The number of anilines is 2. The van der Waals surface area contributed by atoms with Crippen molar-refractivity contribution in [2.75, 3.05) is 17.2 Å². The van der Waals surface area contributed by atoms with Crippen LogP contribution in [0.5, 0.6) is 0 Å². The molecule has 0 bridgehead atoms. The van der Waals surface area contributed by atoms with E-state index in [1.165, 1.54) is 6.20 Å². The molecule has 20 heavy (non-hydrogen) atoms. The Morgan fingerprint density at radius 3 is 3.00 bits per heavy atom. The molecule has 0 atom stereocenters. The second-order valence-electron chi connectivity index (χ2n) is 4.78. The highest BCUT2D eigenvalue weighted by Gasteiger charge is 2.24. The van der Waals surface area contributed by atoms with Crippen LogP contribution in [0.25, 0.3) is 0 Å². The summed E-state index contributed by atoms with van der Waals surface area (Å²) in [6.07, 6.45) is 3.67. The van der Waals surface area contributed by atoms with Crippen molar-refractivity contribution in [2.45, 2.75) is 13.0 Å². The molecule has 2 aromatic rings. The van der Waals surface area contributed by atoms with E-state index in [9.17, 15) is 10.1 Å². The highest BCUT2D eigenvalue weighted by atomic mass is 16.6. The minimum Gasteiger partial charge on any atom is -0.398 e. The molecule has 1 aliphatic heterocycles. The third-order valence-electron chi connectivity index (χ3n) is 3.62. The molecule has 0 saturated carbocycles. The molecule has 1 aliphatic rings. The Kier molecular flexibility index (Phi) is 2.98. The number of hydrogen-bond donors (Lipinski definition) is 1. The quantitative estimate of drug-likeness (QED) is 0.513. The second-order valence-corrected chi connectivity index (χ2v) is 4.78. The van der Waals surface area contributed by atoms with Gasteiger partial charge in [0.1, 0.15) is 11.9 Å². The molecule has 3 rings (SSSR count). The summed E-state index contributed by atoms with van der Waals surface area (Å²) in [6, 6.07) is 7.52. The minimum absolute atomic E-state index is 0.0415. The van der Waals surface area contributed by atoms with E-state index >= 15 is 0 Å². The standard InChI is InChI=1S/C14H14N4O2/c15-12-3-1-2-10-9-17(7-5-11(10)12)13-4-6-16-8-14(13)18(19)20/h1-4,6,8H,5,7,9,15H2. The van der Waals surface area contributed by atoms with Crippen molar-refractivity contribution in [3.05, 3.63) is 57.9 Å². The van der Waals surface area contributed by atoms with Crippen LogP contribution in [0.4, 0.5) is 17.1 Å². The van der Waals surface area contributed by atoms with Gasteiger partial charge in [-0.2, -0.15) is 0 Å². The molecule has 102 valence electrons. The number of benzene rings is 1. The average Bonchev–Trinajstić information content (AvgIpc) is 2.47. The molecule has 0 fully saturated rings. The summed E-state index contributed by atoms with van der Waals surface area (Å²) in [5.74, 6) is 0. The third-order valence-corrected chi connectivity index (χ3v) is 3.62. The number of pyridine rings is 1. The van der Waals surface area contributed by atoms with Crippen LogP contribution in [-0.2, 0) is 13.0 Å². The Labute approximate surface area is 116 Å². The molecular formula is C14H14N4O2. The fraction of sp³-hybridized carbons (Fsp3) is 0.214. The van der Waals surface area contributed by atoms with Gasteiger partial charge in [-0.3, -0.25) is 15.1 Å². The van der Waals surface area contributed by atoms with Gasteiger partial charge in [-0.15, -0.1) is 0 Å². The number of rotatable bonds is 2. The first kappa shape index (κ1) is 12.4. The maximum atomic E-state index is 11.1. The first-order valence-electron chi connectivity index (χ1n) is 6.36. The molecule has 0 radical (unpaired) electrons. The van der Waals surface area contributed by atoms with E-state index in [1.54, 1.807) is 12.3 Å². The van der Waals surface area contributed by atoms with Gasteiger partial charge in [-0.1, -0.05) is 12.1 Å². The summed E-state index contributed by atoms with van der Waals surface area (Å²) in [6.45, 7) is 1.34. The monoisotopic (exact) mass is 270 g/mol. The van der Waals surface area contributed by atoms with Gasteiger partial charge in [-0.05, 0) is 29.7 Å². The van der Waals surface area contributed by atoms with E-state index in [-0.39, 0.29) is 5.69 Å². The van der Waals surface area contributed by atoms with Gasteiger partial charge < -0.3 is 10.6 Å². The topological polar surface area (TPSA) is 85.3 Å². The SMILES string of the molecule is Nc1cccc2c1CCN(c1ccncc1[N+](=O)[O-])C2. The number of aromatic nitrogens is 1. The first-order valence-corrected chi connectivity index (χ1v) is 6.36. The van der Waals surface area contributed by atoms with Gasteiger partial charge in [0.15, 0.2) is 0 Å². The van der Waals surface area contributed by atoms with Gasteiger partial charge in [0, 0.05) is 25.0 Å². The molecule has 0 saturated heterocycles. The molecule has 2 heterocycles. The Morgan fingerprint density at radius 2 is 2.20 bits per heavy atom. The molecule has 1 aromatic heterocycles. The normalized spacial score (nSPS) is 13.9. The fourth-order valence-corrected chi connectivity index (χ4v) is 2.63. The Hall–Kier alpha value is -2.63. The Balaban J connectivity index is 1.97. The molecule has 0 amide bonds. The lowest BCUT2D eigenvalue weighted by Gasteiger charge is -2.30. The van der Waals surface area contributed by atoms with E-state index in [0.29, 0.717) is 18.8 Å². The van der Waals surface area contributed by atoms with Crippen LogP contribution in [0, 0.1) is 10.1 Å². The highest BCUT2D eigenvalue weighted by molar-refractivity contribution is 5.64. The van der Waals surface area contributed by atoms with Crippen molar-refractivity contribution < 1.29 is 4.92 Å². The summed E-state index contributed by atoms with van der Waals surface area (Å²) < 4.78 is 0. The predicted molar refractivity (Wildman–Crippen MR) is 76.5 cm³/mol. The number of hydrogen-bond acceptors (Lipinski definition) is 5. The zero-order valence-corrected chi connectivity index (χ0v) is 10.8. The lowest BCUT2D eigenvalue weighted by molar-refractivity contribution is -0.384. The summed E-state index contributed by atoms with van der Waals surface area (Å²) in [7, 11) is 0. The molecule has 6 heteroatoms. The van der Waals surface area contributed by atoms with Crippen molar-refractivity contribution in [3.8, 4) is 0 Å². The van der Waals surface area contributed by atoms with Gasteiger partial charge in [0.05, 0.1) is 4.92 Å². The van der Waals surface area contributed by atoms with E-state index in [4.69, 9.17) is 5.73 Å². The lowest BCUT2D eigenvalue weighted by Crippen LogP contribution is -2.31. The molecule has 6 nitrogen and oxygen atoms in total. The van der Waals surface area contributed by atoms with Crippen LogP contribution in [-0.4, -0.2) is 16.5 Å². The molecule has 0 spiro atoms. The molecular weight excluding hydrogens is 256 g/mol. The minimum atomic E-state index is -0.392. The second kappa shape index (κ2) is 4.80. The molecule has 1 aromatic carbocycles. The van der Waals surface area contributed by atoms with E-state index in [2.05, 4.69) is 4.98 Å².